The zero-order valence-corrected chi connectivity index (χ0v) is 7.09. The highest BCUT2D eigenvalue weighted by atomic mass is 15.0. The van der Waals surface area contributed by atoms with E-state index in [1.165, 1.54) is 0 Å². The predicted molar refractivity (Wildman–Crippen MR) is 51.8 cm³/mol. The summed E-state index contributed by atoms with van der Waals surface area (Å²) < 4.78 is 1.80. The van der Waals surface area contributed by atoms with Crippen LogP contribution in [0.25, 0.3) is 17.6 Å². The molecule has 64 valence electrons. The van der Waals surface area contributed by atoms with Gasteiger partial charge in [-0.15, -0.1) is 0 Å². The molecule has 0 spiro atoms. The van der Waals surface area contributed by atoms with Crippen molar-refractivity contribution in [2.75, 3.05) is 0 Å². The van der Waals surface area contributed by atoms with E-state index in [4.69, 9.17) is 0 Å². The molecule has 0 atom stereocenters. The fourth-order valence-electron chi connectivity index (χ4n) is 1.08. The van der Waals surface area contributed by atoms with E-state index in [1.807, 2.05) is 24.4 Å². The van der Waals surface area contributed by atoms with Gasteiger partial charge in [0.25, 0.3) is 0 Å². The zero-order chi connectivity index (χ0) is 9.10. The second-order valence-corrected chi connectivity index (χ2v) is 2.60. The molecular formula is C10H9N3. The van der Waals surface area contributed by atoms with E-state index in [0.29, 0.717) is 0 Å². The van der Waals surface area contributed by atoms with E-state index in [0.717, 1.165) is 11.4 Å². The number of pyridine rings is 1. The molecule has 13 heavy (non-hydrogen) atoms. The molecule has 0 aliphatic carbocycles. The SMILES string of the molecule is C=Cn1cnc(-c2ccccn2)c1. The quantitative estimate of drug-likeness (QED) is 0.692. The van der Waals surface area contributed by atoms with Crippen LogP contribution in [0.1, 0.15) is 0 Å². The third-order valence-corrected chi connectivity index (χ3v) is 1.74. The van der Waals surface area contributed by atoms with Gasteiger partial charge in [-0.25, -0.2) is 4.98 Å². The number of hydrogen-bond donors (Lipinski definition) is 0. The number of aromatic nitrogens is 3. The fraction of sp³-hybridized carbons (Fsp3) is 0. The van der Waals surface area contributed by atoms with E-state index < -0.39 is 0 Å². The summed E-state index contributed by atoms with van der Waals surface area (Å²) in [5.41, 5.74) is 1.74. The second-order valence-electron chi connectivity index (χ2n) is 2.60. The molecule has 0 fully saturated rings. The van der Waals surface area contributed by atoms with E-state index in [1.54, 1.807) is 23.3 Å². The van der Waals surface area contributed by atoms with Crippen molar-refractivity contribution in [3.8, 4) is 11.4 Å². The average Bonchev–Trinajstić information content (AvgIpc) is 2.67. The van der Waals surface area contributed by atoms with Gasteiger partial charge in [0.1, 0.15) is 5.69 Å². The maximum atomic E-state index is 4.19. The maximum absolute atomic E-state index is 4.19. The van der Waals surface area contributed by atoms with Gasteiger partial charge in [0.05, 0.1) is 12.0 Å². The minimum atomic E-state index is 0.862. The second kappa shape index (κ2) is 3.23. The first-order valence-corrected chi connectivity index (χ1v) is 3.97. The third kappa shape index (κ3) is 1.49. The molecule has 0 aliphatic rings. The van der Waals surface area contributed by atoms with Gasteiger partial charge in [-0.05, 0) is 12.1 Å². The molecule has 2 heterocycles. The van der Waals surface area contributed by atoms with Crippen LogP contribution in [0.4, 0.5) is 0 Å². The first kappa shape index (κ1) is 7.73. The van der Waals surface area contributed by atoms with Crippen molar-refractivity contribution in [3.63, 3.8) is 0 Å². The van der Waals surface area contributed by atoms with Crippen molar-refractivity contribution >= 4 is 6.20 Å². The van der Waals surface area contributed by atoms with Crippen molar-refractivity contribution in [3.05, 3.63) is 43.5 Å². The summed E-state index contributed by atoms with van der Waals surface area (Å²) in [6.07, 6.45) is 7.04. The Morgan fingerprint density at radius 2 is 2.15 bits per heavy atom. The van der Waals surface area contributed by atoms with Crippen LogP contribution in [0.2, 0.25) is 0 Å². The first-order valence-electron chi connectivity index (χ1n) is 3.97. The Hall–Kier alpha value is -1.90. The fourth-order valence-corrected chi connectivity index (χ4v) is 1.08. The minimum absolute atomic E-state index is 0.862. The van der Waals surface area contributed by atoms with Gasteiger partial charge in [0, 0.05) is 18.6 Å². The van der Waals surface area contributed by atoms with Crippen LogP contribution in [-0.4, -0.2) is 14.5 Å². The van der Waals surface area contributed by atoms with Crippen molar-refractivity contribution in [2.45, 2.75) is 0 Å². The number of hydrogen-bond acceptors (Lipinski definition) is 2. The van der Waals surface area contributed by atoms with Gasteiger partial charge < -0.3 is 4.57 Å². The molecule has 0 aromatic carbocycles. The Labute approximate surface area is 76.4 Å². The van der Waals surface area contributed by atoms with Gasteiger partial charge >= 0.3 is 0 Å². The average molecular weight is 171 g/mol. The van der Waals surface area contributed by atoms with E-state index in [2.05, 4.69) is 16.5 Å². The molecule has 0 aliphatic heterocycles. The lowest BCUT2D eigenvalue weighted by Gasteiger charge is -1.92. The summed E-state index contributed by atoms with van der Waals surface area (Å²) in [7, 11) is 0. The normalized spacial score (nSPS) is 9.85. The highest BCUT2D eigenvalue weighted by molar-refractivity contribution is 5.53. The van der Waals surface area contributed by atoms with Crippen LogP contribution in [0.5, 0.6) is 0 Å². The van der Waals surface area contributed by atoms with Gasteiger partial charge in [-0.3, -0.25) is 4.98 Å². The molecule has 0 saturated heterocycles. The summed E-state index contributed by atoms with van der Waals surface area (Å²) in [5, 5.41) is 0. The lowest BCUT2D eigenvalue weighted by molar-refractivity contribution is 1.14. The van der Waals surface area contributed by atoms with Gasteiger partial charge in [0.2, 0.25) is 0 Å². The summed E-state index contributed by atoms with van der Waals surface area (Å²) >= 11 is 0. The minimum Gasteiger partial charge on any atom is -0.313 e. The topological polar surface area (TPSA) is 30.7 Å². The van der Waals surface area contributed by atoms with Crippen molar-refractivity contribution in [2.24, 2.45) is 0 Å². The van der Waals surface area contributed by atoms with E-state index in [9.17, 15) is 0 Å². The molecule has 0 unspecified atom stereocenters. The molecule has 3 nitrogen and oxygen atoms in total. The molecule has 2 rings (SSSR count). The molecule has 0 radical (unpaired) electrons. The molecule has 0 N–H and O–H groups in total. The predicted octanol–water partition coefficient (Wildman–Crippen LogP) is 2.05. The molecule has 3 heteroatoms. The number of rotatable bonds is 2. The molecule has 2 aromatic heterocycles. The molecule has 2 aromatic rings. The Bertz CT molecular complexity index is 403. The molecule has 0 saturated carbocycles. The van der Waals surface area contributed by atoms with Crippen LogP contribution in [-0.2, 0) is 0 Å². The number of nitrogens with zero attached hydrogens (tertiary/aromatic N) is 3. The van der Waals surface area contributed by atoms with Crippen LogP contribution in [0.15, 0.2) is 43.5 Å². The van der Waals surface area contributed by atoms with Crippen molar-refractivity contribution in [1.29, 1.82) is 0 Å². The standard InChI is InChI=1S/C10H9N3/c1-2-13-7-10(12-8-13)9-5-3-4-6-11-9/h2-8H,1H2. The Morgan fingerprint density at radius 3 is 2.77 bits per heavy atom. The Morgan fingerprint density at radius 1 is 1.23 bits per heavy atom. The van der Waals surface area contributed by atoms with E-state index >= 15 is 0 Å². The molecule has 0 amide bonds. The van der Waals surface area contributed by atoms with Crippen LogP contribution < -0.4 is 0 Å². The van der Waals surface area contributed by atoms with Crippen molar-refractivity contribution in [1.82, 2.24) is 14.5 Å². The first-order chi connectivity index (χ1) is 6.40. The summed E-state index contributed by atoms with van der Waals surface area (Å²) in [5.74, 6) is 0. The largest absolute Gasteiger partial charge is 0.313 e. The van der Waals surface area contributed by atoms with Gasteiger partial charge in [-0.2, -0.15) is 0 Å². The molecular weight excluding hydrogens is 162 g/mol. The Kier molecular flexibility index (Phi) is 1.92. The monoisotopic (exact) mass is 171 g/mol. The Balaban J connectivity index is 2.41. The lowest BCUT2D eigenvalue weighted by Crippen LogP contribution is -1.80. The lowest BCUT2D eigenvalue weighted by atomic mass is 10.3. The van der Waals surface area contributed by atoms with Gasteiger partial charge in [-0.1, -0.05) is 12.6 Å². The maximum Gasteiger partial charge on any atom is 0.107 e. The van der Waals surface area contributed by atoms with Gasteiger partial charge in [0.15, 0.2) is 0 Å². The smallest absolute Gasteiger partial charge is 0.107 e. The summed E-state index contributed by atoms with van der Waals surface area (Å²) in [6, 6.07) is 5.75. The summed E-state index contributed by atoms with van der Waals surface area (Å²) in [6.45, 7) is 3.64. The third-order valence-electron chi connectivity index (χ3n) is 1.74. The highest BCUT2D eigenvalue weighted by Crippen LogP contribution is 2.12. The summed E-state index contributed by atoms with van der Waals surface area (Å²) in [4.78, 5) is 8.37. The van der Waals surface area contributed by atoms with Crippen LogP contribution in [0, 0.1) is 0 Å². The van der Waals surface area contributed by atoms with Crippen LogP contribution in [0.3, 0.4) is 0 Å². The van der Waals surface area contributed by atoms with Crippen molar-refractivity contribution < 1.29 is 0 Å². The molecule has 0 bridgehead atoms. The zero-order valence-electron chi connectivity index (χ0n) is 7.09. The van der Waals surface area contributed by atoms with Crippen LogP contribution >= 0.6 is 0 Å². The highest BCUT2D eigenvalue weighted by Gasteiger charge is 1.99. The number of imidazole rings is 1. The van der Waals surface area contributed by atoms with E-state index in [-0.39, 0.29) is 0 Å².